The summed E-state index contributed by atoms with van der Waals surface area (Å²) in [6, 6.07) is 16.5. The van der Waals surface area contributed by atoms with Crippen LogP contribution in [0.25, 0.3) is 0 Å². The molecule has 0 amide bonds. The molecule has 0 fully saturated rings. The van der Waals surface area contributed by atoms with Crippen molar-refractivity contribution in [3.8, 4) is 5.75 Å². The van der Waals surface area contributed by atoms with Crippen LogP contribution >= 0.6 is 15.9 Å². The van der Waals surface area contributed by atoms with Crippen molar-refractivity contribution >= 4 is 15.9 Å². The van der Waals surface area contributed by atoms with E-state index >= 15 is 0 Å². The molecule has 1 N–H and O–H groups in total. The summed E-state index contributed by atoms with van der Waals surface area (Å²) < 4.78 is 6.74. The van der Waals surface area contributed by atoms with Crippen LogP contribution in [0.2, 0.25) is 0 Å². The first-order chi connectivity index (χ1) is 9.79. The van der Waals surface area contributed by atoms with Gasteiger partial charge in [-0.3, -0.25) is 0 Å². The van der Waals surface area contributed by atoms with E-state index < -0.39 is 0 Å². The molecule has 0 saturated heterocycles. The molecule has 2 rings (SSSR count). The molecule has 0 aliphatic carbocycles. The van der Waals surface area contributed by atoms with Gasteiger partial charge in [-0.15, -0.1) is 0 Å². The maximum absolute atomic E-state index is 5.67. The molecule has 2 nitrogen and oxygen atoms in total. The molecule has 0 radical (unpaired) electrons. The lowest BCUT2D eigenvalue weighted by Gasteiger charge is -2.10. The average Bonchev–Trinajstić information content (AvgIpc) is 2.49. The molecule has 0 unspecified atom stereocenters. The lowest BCUT2D eigenvalue weighted by molar-refractivity contribution is 0.313. The third-order valence-electron chi connectivity index (χ3n) is 3.18. The van der Waals surface area contributed by atoms with Crippen LogP contribution in [-0.2, 0) is 13.0 Å². The van der Waals surface area contributed by atoms with Crippen molar-refractivity contribution in [1.82, 2.24) is 5.32 Å². The zero-order valence-electron chi connectivity index (χ0n) is 11.7. The van der Waals surface area contributed by atoms with Crippen LogP contribution in [0.1, 0.15) is 18.1 Å². The van der Waals surface area contributed by atoms with Crippen molar-refractivity contribution in [2.24, 2.45) is 0 Å². The molecule has 3 heteroatoms. The molecular formula is C17H20BrNO. The van der Waals surface area contributed by atoms with Crippen LogP contribution < -0.4 is 10.1 Å². The Morgan fingerprint density at radius 3 is 2.40 bits per heavy atom. The molecule has 0 spiro atoms. The van der Waals surface area contributed by atoms with Crippen molar-refractivity contribution < 1.29 is 4.74 Å². The van der Waals surface area contributed by atoms with Gasteiger partial charge in [0.05, 0.1) is 0 Å². The maximum atomic E-state index is 5.67. The van der Waals surface area contributed by atoms with E-state index in [9.17, 15) is 0 Å². The molecule has 0 aromatic heterocycles. The molecule has 0 aliphatic rings. The lowest BCUT2D eigenvalue weighted by atomic mass is 10.1. The monoisotopic (exact) mass is 333 g/mol. The molecule has 106 valence electrons. The van der Waals surface area contributed by atoms with Gasteiger partial charge in [0.1, 0.15) is 12.4 Å². The quantitative estimate of drug-likeness (QED) is 0.767. The van der Waals surface area contributed by atoms with Gasteiger partial charge in [0.25, 0.3) is 0 Å². The smallest absolute Gasteiger partial charge is 0.119 e. The highest BCUT2D eigenvalue weighted by molar-refractivity contribution is 9.10. The second-order valence-corrected chi connectivity index (χ2v) is 5.52. The summed E-state index contributed by atoms with van der Waals surface area (Å²) in [5, 5.41) is 3.42. The normalized spacial score (nSPS) is 10.5. The highest BCUT2D eigenvalue weighted by Crippen LogP contribution is 2.15. The minimum absolute atomic E-state index is 0.677. The Morgan fingerprint density at radius 2 is 1.70 bits per heavy atom. The van der Waals surface area contributed by atoms with Crippen LogP contribution in [-0.4, -0.2) is 13.2 Å². The third-order valence-corrected chi connectivity index (χ3v) is 3.70. The van der Waals surface area contributed by atoms with Crippen molar-refractivity contribution in [2.45, 2.75) is 19.9 Å². The van der Waals surface area contributed by atoms with Crippen LogP contribution in [0.3, 0.4) is 0 Å². The number of hydrogen-bond donors (Lipinski definition) is 1. The first-order valence-corrected chi connectivity index (χ1v) is 7.74. The number of ether oxygens (including phenoxy) is 1. The number of nitrogens with one attached hydrogen (secondary N) is 1. The fraction of sp³-hybridized carbons (Fsp3) is 0.294. The van der Waals surface area contributed by atoms with Crippen molar-refractivity contribution in [1.29, 1.82) is 0 Å². The van der Waals surface area contributed by atoms with Gasteiger partial charge in [-0.05, 0) is 41.8 Å². The van der Waals surface area contributed by atoms with Gasteiger partial charge >= 0.3 is 0 Å². The van der Waals surface area contributed by atoms with E-state index in [1.165, 1.54) is 11.1 Å². The summed E-state index contributed by atoms with van der Waals surface area (Å²) in [4.78, 5) is 0. The topological polar surface area (TPSA) is 21.3 Å². The highest BCUT2D eigenvalue weighted by Gasteiger charge is 1.99. The maximum Gasteiger partial charge on any atom is 0.119 e. The van der Waals surface area contributed by atoms with E-state index in [0.29, 0.717) is 6.61 Å². The molecule has 0 aliphatic heterocycles. The van der Waals surface area contributed by atoms with Crippen LogP contribution in [0.4, 0.5) is 0 Å². The third kappa shape index (κ3) is 4.66. The Morgan fingerprint density at radius 1 is 1.00 bits per heavy atom. The van der Waals surface area contributed by atoms with Gasteiger partial charge in [-0.2, -0.15) is 0 Å². The van der Waals surface area contributed by atoms with Gasteiger partial charge in [0.2, 0.25) is 0 Å². The molecule has 0 heterocycles. The first-order valence-electron chi connectivity index (χ1n) is 6.95. The number of rotatable bonds is 7. The molecular weight excluding hydrogens is 314 g/mol. The Balaban J connectivity index is 1.70. The number of benzene rings is 2. The van der Waals surface area contributed by atoms with Gasteiger partial charge in [-0.25, -0.2) is 0 Å². The second kappa shape index (κ2) is 8.08. The predicted octanol–water partition coefficient (Wildman–Crippen LogP) is 4.18. The van der Waals surface area contributed by atoms with Gasteiger partial charge in [-0.1, -0.05) is 47.1 Å². The SMILES string of the molecule is CCc1ccccc1CNCCOc1ccc(Br)cc1. The standard InChI is InChI=1S/C17H20BrNO/c1-2-14-5-3-4-6-15(14)13-19-11-12-20-17-9-7-16(18)8-10-17/h3-10,19H,2,11-13H2,1H3. The number of halogens is 1. The molecule has 2 aromatic rings. The fourth-order valence-electron chi connectivity index (χ4n) is 2.07. The van der Waals surface area contributed by atoms with E-state index in [4.69, 9.17) is 4.74 Å². The summed E-state index contributed by atoms with van der Waals surface area (Å²) in [6.07, 6.45) is 1.08. The van der Waals surface area contributed by atoms with Crippen LogP contribution in [0, 0.1) is 0 Å². The highest BCUT2D eigenvalue weighted by atomic mass is 79.9. The molecule has 2 aromatic carbocycles. The average molecular weight is 334 g/mol. The minimum Gasteiger partial charge on any atom is -0.492 e. The summed E-state index contributed by atoms with van der Waals surface area (Å²) in [5.74, 6) is 0.906. The minimum atomic E-state index is 0.677. The van der Waals surface area contributed by atoms with E-state index in [0.717, 1.165) is 29.7 Å². The fourth-order valence-corrected chi connectivity index (χ4v) is 2.33. The van der Waals surface area contributed by atoms with Gasteiger partial charge in [0.15, 0.2) is 0 Å². The van der Waals surface area contributed by atoms with E-state index in [2.05, 4.69) is 52.4 Å². The second-order valence-electron chi connectivity index (χ2n) is 4.60. The Labute approximate surface area is 129 Å². The largest absolute Gasteiger partial charge is 0.492 e. The molecule has 20 heavy (non-hydrogen) atoms. The Kier molecular flexibility index (Phi) is 6.09. The van der Waals surface area contributed by atoms with E-state index in [1.54, 1.807) is 0 Å². The summed E-state index contributed by atoms with van der Waals surface area (Å²) in [6.45, 7) is 4.60. The molecule has 0 atom stereocenters. The van der Waals surface area contributed by atoms with Gasteiger partial charge < -0.3 is 10.1 Å². The van der Waals surface area contributed by atoms with Crippen LogP contribution in [0.5, 0.6) is 5.75 Å². The van der Waals surface area contributed by atoms with Crippen molar-refractivity contribution in [2.75, 3.05) is 13.2 Å². The van der Waals surface area contributed by atoms with Crippen LogP contribution in [0.15, 0.2) is 53.0 Å². The summed E-state index contributed by atoms with van der Waals surface area (Å²) in [5.41, 5.74) is 2.78. The Bertz CT molecular complexity index is 525. The molecule has 0 bridgehead atoms. The van der Waals surface area contributed by atoms with E-state index in [1.807, 2.05) is 24.3 Å². The Hall–Kier alpha value is -1.32. The first kappa shape index (κ1) is 15.1. The zero-order chi connectivity index (χ0) is 14.2. The van der Waals surface area contributed by atoms with E-state index in [-0.39, 0.29) is 0 Å². The van der Waals surface area contributed by atoms with Crippen molar-refractivity contribution in [3.05, 3.63) is 64.1 Å². The van der Waals surface area contributed by atoms with Gasteiger partial charge in [0, 0.05) is 17.6 Å². The lowest BCUT2D eigenvalue weighted by Crippen LogP contribution is -2.21. The predicted molar refractivity (Wildman–Crippen MR) is 87.2 cm³/mol. The van der Waals surface area contributed by atoms with Crippen molar-refractivity contribution in [3.63, 3.8) is 0 Å². The number of aryl methyl sites for hydroxylation is 1. The summed E-state index contributed by atoms with van der Waals surface area (Å²) >= 11 is 3.41. The summed E-state index contributed by atoms with van der Waals surface area (Å²) in [7, 11) is 0. The molecule has 0 saturated carbocycles. The zero-order valence-corrected chi connectivity index (χ0v) is 13.3. The number of hydrogen-bond acceptors (Lipinski definition) is 2.